The van der Waals surface area contributed by atoms with Crippen molar-refractivity contribution < 1.29 is 8.78 Å². The van der Waals surface area contributed by atoms with Gasteiger partial charge in [-0.05, 0) is 5.92 Å². The second kappa shape index (κ2) is 4.41. The summed E-state index contributed by atoms with van der Waals surface area (Å²) in [5.41, 5.74) is 0.124. The number of hydrogen-bond acceptors (Lipinski definition) is 1. The molecule has 0 amide bonds. The lowest BCUT2D eigenvalue weighted by atomic mass is 10.1. The van der Waals surface area contributed by atoms with E-state index in [1.807, 2.05) is 13.8 Å². The summed E-state index contributed by atoms with van der Waals surface area (Å²) in [6.45, 7) is 3.66. The van der Waals surface area contributed by atoms with E-state index in [4.69, 9.17) is 23.2 Å². The molecule has 0 radical (unpaired) electrons. The minimum absolute atomic E-state index is 0.00253. The minimum atomic E-state index is -2.67. The van der Waals surface area contributed by atoms with Gasteiger partial charge < -0.3 is 0 Å². The first kappa shape index (κ1) is 11.7. The summed E-state index contributed by atoms with van der Waals surface area (Å²) in [5.74, 6) is -0.00253. The van der Waals surface area contributed by atoms with E-state index in [0.717, 1.165) is 0 Å². The molecule has 0 aliphatic heterocycles. The van der Waals surface area contributed by atoms with E-state index in [2.05, 4.69) is 4.98 Å². The first-order chi connectivity index (χ1) is 6.45. The molecule has 0 unspecified atom stereocenters. The smallest absolute Gasteiger partial charge is 0.258 e. The van der Waals surface area contributed by atoms with Gasteiger partial charge in [0.05, 0.1) is 21.3 Å². The largest absolute Gasteiger partial charge is 0.266 e. The van der Waals surface area contributed by atoms with Crippen LogP contribution in [-0.4, -0.2) is 4.98 Å². The maximum atomic E-state index is 12.5. The van der Waals surface area contributed by atoms with Crippen LogP contribution in [0.2, 0.25) is 10.0 Å². The lowest BCUT2D eigenvalue weighted by Crippen LogP contribution is -1.99. The fourth-order valence-corrected chi connectivity index (χ4v) is 1.82. The molecule has 0 bridgehead atoms. The maximum Gasteiger partial charge on any atom is 0.266 e. The normalized spacial score (nSPS) is 11.4. The Bertz CT molecular complexity index is 340. The lowest BCUT2D eigenvalue weighted by molar-refractivity contribution is 0.151. The Hall–Kier alpha value is -0.410. The second-order valence-corrected chi connectivity index (χ2v) is 3.96. The van der Waals surface area contributed by atoms with Gasteiger partial charge in [0.25, 0.3) is 6.43 Å². The Kier molecular flexibility index (Phi) is 3.67. The molecule has 1 heterocycles. The van der Waals surface area contributed by atoms with Crippen molar-refractivity contribution in [3.05, 3.63) is 27.5 Å². The molecule has 1 aromatic heterocycles. The number of aromatic nitrogens is 1. The molecule has 0 atom stereocenters. The minimum Gasteiger partial charge on any atom is -0.258 e. The van der Waals surface area contributed by atoms with Crippen molar-refractivity contribution in [2.24, 2.45) is 0 Å². The van der Waals surface area contributed by atoms with Crippen molar-refractivity contribution in [3.63, 3.8) is 0 Å². The van der Waals surface area contributed by atoms with Crippen LogP contribution in [-0.2, 0) is 0 Å². The van der Waals surface area contributed by atoms with Crippen LogP contribution < -0.4 is 0 Å². The van der Waals surface area contributed by atoms with Crippen molar-refractivity contribution in [3.8, 4) is 0 Å². The summed E-state index contributed by atoms with van der Waals surface area (Å²) in [6.07, 6.45) is -1.46. The van der Waals surface area contributed by atoms with E-state index in [9.17, 15) is 8.78 Å². The molecule has 1 rings (SSSR count). The Morgan fingerprint density at radius 3 is 2.29 bits per heavy atom. The van der Waals surface area contributed by atoms with E-state index in [0.29, 0.717) is 5.69 Å². The van der Waals surface area contributed by atoms with Crippen molar-refractivity contribution in [2.75, 3.05) is 0 Å². The number of halogens is 4. The zero-order valence-corrected chi connectivity index (χ0v) is 9.20. The molecule has 0 aliphatic rings. The molecule has 0 aliphatic carbocycles. The topological polar surface area (TPSA) is 12.9 Å². The summed E-state index contributed by atoms with van der Waals surface area (Å²) in [5, 5.41) is -0.114. The van der Waals surface area contributed by atoms with Crippen molar-refractivity contribution >= 4 is 23.2 Å². The number of rotatable bonds is 2. The Balaban J connectivity index is 3.34. The van der Waals surface area contributed by atoms with Gasteiger partial charge in [0, 0.05) is 6.20 Å². The van der Waals surface area contributed by atoms with Gasteiger partial charge in [-0.3, -0.25) is 4.98 Å². The SMILES string of the molecule is CC(C)c1ncc(Cl)c(C(F)F)c1Cl. The zero-order valence-electron chi connectivity index (χ0n) is 7.69. The molecule has 0 N–H and O–H groups in total. The van der Waals surface area contributed by atoms with Crippen LogP contribution in [0, 0.1) is 0 Å². The summed E-state index contributed by atoms with van der Waals surface area (Å²) in [7, 11) is 0. The first-order valence-electron chi connectivity index (χ1n) is 4.07. The fraction of sp³-hybridized carbons (Fsp3) is 0.444. The predicted octanol–water partition coefficient (Wildman–Crippen LogP) is 4.45. The van der Waals surface area contributed by atoms with Gasteiger partial charge in [0.2, 0.25) is 0 Å². The number of hydrogen-bond donors (Lipinski definition) is 0. The molecule has 0 spiro atoms. The monoisotopic (exact) mass is 239 g/mol. The average molecular weight is 240 g/mol. The number of pyridine rings is 1. The van der Waals surface area contributed by atoms with Gasteiger partial charge >= 0.3 is 0 Å². The quantitative estimate of drug-likeness (QED) is 0.744. The van der Waals surface area contributed by atoms with E-state index < -0.39 is 6.43 Å². The van der Waals surface area contributed by atoms with Gasteiger partial charge in [0.15, 0.2) is 0 Å². The number of alkyl halides is 2. The van der Waals surface area contributed by atoms with Crippen molar-refractivity contribution in [1.82, 2.24) is 4.98 Å². The van der Waals surface area contributed by atoms with Crippen LogP contribution in [0.4, 0.5) is 8.78 Å². The molecule has 1 nitrogen and oxygen atoms in total. The highest BCUT2D eigenvalue weighted by Crippen LogP contribution is 2.36. The van der Waals surface area contributed by atoms with Crippen LogP contribution in [0.3, 0.4) is 0 Å². The molecule has 0 fully saturated rings. The summed E-state index contributed by atoms with van der Waals surface area (Å²) in [4.78, 5) is 3.92. The molecule has 5 heteroatoms. The van der Waals surface area contributed by atoms with Crippen LogP contribution in [0.1, 0.15) is 37.4 Å². The highest BCUT2D eigenvalue weighted by Gasteiger charge is 2.21. The van der Waals surface area contributed by atoms with Gasteiger partial charge in [-0.2, -0.15) is 0 Å². The van der Waals surface area contributed by atoms with Crippen LogP contribution in [0.15, 0.2) is 6.20 Å². The average Bonchev–Trinajstić information content (AvgIpc) is 2.02. The lowest BCUT2D eigenvalue weighted by Gasteiger charge is -2.11. The van der Waals surface area contributed by atoms with Gasteiger partial charge in [0.1, 0.15) is 0 Å². The van der Waals surface area contributed by atoms with Gasteiger partial charge in [-0.25, -0.2) is 8.78 Å². The Labute approximate surface area is 91.0 Å². The fourth-order valence-electron chi connectivity index (χ4n) is 1.10. The standard InChI is InChI=1S/C9H9Cl2F2N/c1-4(2)8-7(11)6(9(12)13)5(10)3-14-8/h3-4,9H,1-2H3. The van der Waals surface area contributed by atoms with E-state index in [-0.39, 0.29) is 21.5 Å². The number of nitrogens with zero attached hydrogens (tertiary/aromatic N) is 1. The zero-order chi connectivity index (χ0) is 10.9. The Morgan fingerprint density at radius 1 is 1.29 bits per heavy atom. The van der Waals surface area contributed by atoms with Crippen LogP contribution in [0.25, 0.3) is 0 Å². The second-order valence-electron chi connectivity index (χ2n) is 3.17. The molecular formula is C9H9Cl2F2N. The summed E-state index contributed by atoms with van der Waals surface area (Å²) < 4.78 is 25.1. The molecule has 0 saturated heterocycles. The first-order valence-corrected chi connectivity index (χ1v) is 4.82. The third-order valence-electron chi connectivity index (χ3n) is 1.80. The predicted molar refractivity (Wildman–Crippen MR) is 53.3 cm³/mol. The molecule has 78 valence electrons. The van der Waals surface area contributed by atoms with Gasteiger partial charge in [-0.15, -0.1) is 0 Å². The van der Waals surface area contributed by atoms with Crippen molar-refractivity contribution in [1.29, 1.82) is 0 Å². The highest BCUT2D eigenvalue weighted by molar-refractivity contribution is 6.36. The molecular weight excluding hydrogens is 231 g/mol. The van der Waals surface area contributed by atoms with E-state index in [1.54, 1.807) is 0 Å². The van der Waals surface area contributed by atoms with E-state index >= 15 is 0 Å². The van der Waals surface area contributed by atoms with Crippen LogP contribution in [0.5, 0.6) is 0 Å². The molecule has 1 aromatic rings. The van der Waals surface area contributed by atoms with Gasteiger partial charge in [-0.1, -0.05) is 37.0 Å². The third-order valence-corrected chi connectivity index (χ3v) is 2.50. The molecule has 0 saturated carbocycles. The highest BCUT2D eigenvalue weighted by atomic mass is 35.5. The third kappa shape index (κ3) is 2.15. The summed E-state index contributed by atoms with van der Waals surface area (Å²) in [6, 6.07) is 0. The van der Waals surface area contributed by atoms with Crippen LogP contribution >= 0.6 is 23.2 Å². The van der Waals surface area contributed by atoms with E-state index in [1.165, 1.54) is 6.20 Å². The maximum absolute atomic E-state index is 12.5. The molecule has 0 aromatic carbocycles. The Morgan fingerprint density at radius 2 is 1.86 bits per heavy atom. The molecule has 14 heavy (non-hydrogen) atoms. The summed E-state index contributed by atoms with van der Waals surface area (Å²) >= 11 is 11.4. The van der Waals surface area contributed by atoms with Crippen molar-refractivity contribution in [2.45, 2.75) is 26.2 Å².